The van der Waals surface area contributed by atoms with Gasteiger partial charge in [0.15, 0.2) is 12.2 Å². The van der Waals surface area contributed by atoms with Gasteiger partial charge in [0, 0.05) is 25.7 Å². The minimum atomic E-state index is -5.00. The molecule has 112 heavy (non-hydrogen) atoms. The van der Waals surface area contributed by atoms with E-state index in [0.717, 1.165) is 218 Å². The van der Waals surface area contributed by atoms with Crippen molar-refractivity contribution in [3.63, 3.8) is 0 Å². The number of hydrogen-bond donors (Lipinski definition) is 3. The van der Waals surface area contributed by atoms with Crippen LogP contribution >= 0.6 is 15.6 Å². The van der Waals surface area contributed by atoms with Crippen molar-refractivity contribution in [3.05, 3.63) is 170 Å². The lowest BCUT2D eigenvalue weighted by atomic mass is 10.1. The second-order valence-electron chi connectivity index (χ2n) is 28.4. The SMILES string of the molecule is CC/C=C\C/C=C\C/C=C\C/C=C\C/C=C\CCCCCC(=O)OCC(COP(=O)(O)OCC(O)COP(=O)(O)OCC(COC(=O)CCCCCCCC/C=C\C/C=C\C/C=C\CCCCC)OC(=O)CCCCCCCC/C=C\C/C=C\C/C=C\CCCCC)OC(=O)CCCCCCC/C=C\C/C=C\C/C=C\CC. The first kappa shape index (κ1) is 106. The number of carbonyl (C=O) groups is 4. The van der Waals surface area contributed by atoms with Gasteiger partial charge in [0.25, 0.3) is 0 Å². The van der Waals surface area contributed by atoms with E-state index in [1.54, 1.807) is 0 Å². The van der Waals surface area contributed by atoms with Crippen LogP contribution in [0.5, 0.6) is 0 Å². The minimum Gasteiger partial charge on any atom is -0.462 e. The number of carbonyl (C=O) groups excluding carboxylic acids is 4. The topological polar surface area (TPSA) is 237 Å². The van der Waals surface area contributed by atoms with Gasteiger partial charge in [-0.25, -0.2) is 9.13 Å². The number of rotatable bonds is 80. The van der Waals surface area contributed by atoms with Gasteiger partial charge in [-0.2, -0.15) is 0 Å². The van der Waals surface area contributed by atoms with Crippen molar-refractivity contribution in [2.75, 3.05) is 39.6 Å². The summed E-state index contributed by atoms with van der Waals surface area (Å²) in [7, 11) is -10.0. The molecule has 638 valence electrons. The van der Waals surface area contributed by atoms with Gasteiger partial charge in [0.1, 0.15) is 19.3 Å². The van der Waals surface area contributed by atoms with Crippen molar-refractivity contribution >= 4 is 39.5 Å². The molecule has 0 aromatic rings. The van der Waals surface area contributed by atoms with Gasteiger partial charge in [-0.15, -0.1) is 0 Å². The lowest BCUT2D eigenvalue weighted by Gasteiger charge is -2.21. The Bertz CT molecular complexity index is 2790. The summed E-state index contributed by atoms with van der Waals surface area (Å²) in [6.07, 6.45) is 100. The lowest BCUT2D eigenvalue weighted by molar-refractivity contribution is -0.161. The van der Waals surface area contributed by atoms with Crippen LogP contribution in [-0.4, -0.2) is 96.7 Å². The highest BCUT2D eigenvalue weighted by atomic mass is 31.2. The number of aliphatic hydroxyl groups is 1. The molecule has 0 saturated carbocycles. The van der Waals surface area contributed by atoms with E-state index < -0.39 is 97.5 Å². The maximum Gasteiger partial charge on any atom is 0.472 e. The Balaban J connectivity index is 5.46. The molecule has 0 heterocycles. The first-order valence-electron chi connectivity index (χ1n) is 43.4. The highest BCUT2D eigenvalue weighted by Gasteiger charge is 2.30. The van der Waals surface area contributed by atoms with Gasteiger partial charge in [-0.3, -0.25) is 37.3 Å². The summed E-state index contributed by atoms with van der Waals surface area (Å²) in [5.41, 5.74) is 0. The van der Waals surface area contributed by atoms with Crippen LogP contribution in [0.3, 0.4) is 0 Å². The normalized spacial score (nSPS) is 14.6. The van der Waals surface area contributed by atoms with Crippen molar-refractivity contribution in [3.8, 4) is 0 Å². The first-order chi connectivity index (χ1) is 54.7. The van der Waals surface area contributed by atoms with E-state index in [0.29, 0.717) is 25.7 Å². The fourth-order valence-corrected chi connectivity index (χ4v) is 12.7. The van der Waals surface area contributed by atoms with Gasteiger partial charge in [0.05, 0.1) is 26.4 Å². The lowest BCUT2D eigenvalue weighted by Crippen LogP contribution is -2.30. The zero-order valence-corrected chi connectivity index (χ0v) is 71.8. The zero-order valence-electron chi connectivity index (χ0n) is 70.0. The summed E-state index contributed by atoms with van der Waals surface area (Å²) < 4.78 is 68.8. The molecule has 0 saturated heterocycles. The number of phosphoric ester groups is 2. The predicted molar refractivity (Wildman–Crippen MR) is 463 cm³/mol. The van der Waals surface area contributed by atoms with Crippen LogP contribution in [0, 0.1) is 0 Å². The van der Waals surface area contributed by atoms with Crippen molar-refractivity contribution in [1.82, 2.24) is 0 Å². The van der Waals surface area contributed by atoms with Gasteiger partial charge >= 0.3 is 39.5 Å². The molecule has 0 bridgehead atoms. The molecule has 0 amide bonds. The Labute approximate surface area is 680 Å². The fourth-order valence-electron chi connectivity index (χ4n) is 11.1. The fraction of sp³-hybridized carbons (Fsp3) is 0.656. The molecule has 0 aliphatic carbocycles. The molecular weight excluding hydrogens is 1450 g/mol. The number of unbranched alkanes of at least 4 members (excludes halogenated alkanes) is 26. The second kappa shape index (κ2) is 83.4. The molecule has 3 N–H and O–H groups in total. The molecule has 5 atom stereocenters. The van der Waals surface area contributed by atoms with Crippen molar-refractivity contribution in [1.29, 1.82) is 0 Å². The Hall–Kier alpha value is -5.58. The molecule has 5 unspecified atom stereocenters. The van der Waals surface area contributed by atoms with Crippen LogP contribution in [0.15, 0.2) is 170 Å². The van der Waals surface area contributed by atoms with Crippen LogP contribution in [0.1, 0.15) is 336 Å². The summed E-state index contributed by atoms with van der Waals surface area (Å²) >= 11 is 0. The summed E-state index contributed by atoms with van der Waals surface area (Å²) in [5, 5.41) is 10.7. The quantitative estimate of drug-likeness (QED) is 0.0169. The summed E-state index contributed by atoms with van der Waals surface area (Å²) in [6.45, 7) is 4.53. The Morgan fingerprint density at radius 1 is 0.259 bits per heavy atom. The third kappa shape index (κ3) is 82.4. The van der Waals surface area contributed by atoms with Crippen molar-refractivity contribution in [2.45, 2.75) is 354 Å². The smallest absolute Gasteiger partial charge is 0.462 e. The number of ether oxygens (including phenoxy) is 4. The summed E-state index contributed by atoms with van der Waals surface area (Å²) in [5.74, 6) is -2.26. The van der Waals surface area contributed by atoms with E-state index in [2.05, 4.69) is 198 Å². The van der Waals surface area contributed by atoms with Gasteiger partial charge < -0.3 is 33.8 Å². The molecule has 0 aromatic carbocycles. The number of allylic oxidation sites excluding steroid dienone is 28. The number of hydrogen-bond acceptors (Lipinski definition) is 15. The molecule has 0 rings (SSSR count). The molecule has 0 aliphatic rings. The zero-order chi connectivity index (χ0) is 81.7. The second-order valence-corrected chi connectivity index (χ2v) is 31.3. The van der Waals surface area contributed by atoms with Gasteiger partial charge in [-0.05, 0) is 180 Å². The van der Waals surface area contributed by atoms with E-state index in [4.69, 9.17) is 37.0 Å². The summed E-state index contributed by atoms with van der Waals surface area (Å²) in [4.78, 5) is 73.3. The number of esters is 4. The largest absolute Gasteiger partial charge is 0.472 e. The summed E-state index contributed by atoms with van der Waals surface area (Å²) in [6, 6.07) is 0. The van der Waals surface area contributed by atoms with E-state index in [-0.39, 0.29) is 25.7 Å². The Morgan fingerprint density at radius 2 is 0.464 bits per heavy atom. The van der Waals surface area contributed by atoms with Crippen molar-refractivity contribution in [2.24, 2.45) is 0 Å². The van der Waals surface area contributed by atoms with E-state index in [9.17, 15) is 43.2 Å². The third-order valence-electron chi connectivity index (χ3n) is 17.6. The van der Waals surface area contributed by atoms with Crippen LogP contribution in [0.25, 0.3) is 0 Å². The number of aliphatic hydroxyl groups excluding tert-OH is 1. The standard InChI is InChI=1S/C93H154O17P2/c1-5-9-13-17-21-25-29-33-37-40-43-46-50-53-57-61-65-69-73-77-90(95)103-83-88(109-92(97)79-75-71-67-63-59-55-49-36-32-28-24-20-16-12-8-4)85-107-111(99,100)105-81-87(94)82-106-112(101,102)108-86-89(110-93(98)80-76-72-68-64-60-56-52-48-45-42-39-35-31-27-23-19-15-11-7-3)84-104-91(96)78-74-70-66-62-58-54-51-47-44-41-38-34-30-26-22-18-14-10-6-2/h9,12-13,16,21-28,33-39,43-49,53,57,87-89,94H,5-8,10-11,14-15,17-20,29-32,40-42,50-52,54-56,58-86H2,1-4H3,(H,99,100)(H,101,102)/b13-9-,16-12-,25-21-,26-22-,27-23-,28-24-,37-33-,38-34-,39-35-,46-43-,47-44-,48-45-,49-36-,57-53-. The molecular formula is C93H154O17P2. The highest BCUT2D eigenvalue weighted by Crippen LogP contribution is 2.45. The van der Waals surface area contributed by atoms with Crippen molar-refractivity contribution < 1.29 is 80.2 Å². The third-order valence-corrected chi connectivity index (χ3v) is 19.5. The molecule has 0 fully saturated rings. The number of phosphoric acid groups is 2. The van der Waals surface area contributed by atoms with Crippen LogP contribution < -0.4 is 0 Å². The molecule has 0 aliphatic heterocycles. The van der Waals surface area contributed by atoms with Crippen LogP contribution in [0.4, 0.5) is 0 Å². The Morgan fingerprint density at radius 3 is 0.723 bits per heavy atom. The monoisotopic (exact) mass is 1610 g/mol. The maximum atomic E-state index is 13.2. The minimum absolute atomic E-state index is 0.0616. The highest BCUT2D eigenvalue weighted by molar-refractivity contribution is 7.47. The van der Waals surface area contributed by atoms with Crippen LogP contribution in [-0.2, 0) is 65.4 Å². The van der Waals surface area contributed by atoms with Gasteiger partial charge in [0.2, 0.25) is 0 Å². The Kier molecular flexibility index (Phi) is 79.2. The first-order valence-corrected chi connectivity index (χ1v) is 46.4. The molecule has 0 aromatic heterocycles. The molecule has 17 nitrogen and oxygen atoms in total. The molecule has 0 radical (unpaired) electrons. The molecule has 19 heteroatoms. The average Bonchev–Trinajstić information content (AvgIpc) is 0.898. The van der Waals surface area contributed by atoms with E-state index >= 15 is 0 Å². The average molecular weight is 1610 g/mol. The van der Waals surface area contributed by atoms with Crippen LogP contribution in [0.2, 0.25) is 0 Å². The predicted octanol–water partition coefficient (Wildman–Crippen LogP) is 26.1. The molecule has 0 spiro atoms. The maximum absolute atomic E-state index is 13.2. The van der Waals surface area contributed by atoms with E-state index in [1.165, 1.54) is 38.5 Å². The van der Waals surface area contributed by atoms with E-state index in [1.807, 2.05) is 0 Å². The van der Waals surface area contributed by atoms with Gasteiger partial charge in [-0.1, -0.05) is 301 Å².